The van der Waals surface area contributed by atoms with Crippen molar-refractivity contribution in [3.8, 4) is 5.69 Å². The number of carbonyl (C=O) groups is 4. The third kappa shape index (κ3) is 4.30. The number of carbonyl (C=O) groups excluding carboxylic acids is 4. The van der Waals surface area contributed by atoms with Crippen LogP contribution < -0.4 is 5.32 Å². The van der Waals surface area contributed by atoms with Gasteiger partial charge in [-0.1, -0.05) is 24.3 Å². The molecule has 1 N–H and O–H groups in total. The predicted molar refractivity (Wildman–Crippen MR) is 132 cm³/mol. The summed E-state index contributed by atoms with van der Waals surface area (Å²) in [5.41, 5.74) is 6.68. The number of aryl methyl sites for hydroxylation is 3. The van der Waals surface area contributed by atoms with Gasteiger partial charge >= 0.3 is 12.0 Å². The number of nitrogens with one attached hydrogen (secondary N) is 1. The molecule has 0 atom stereocenters. The minimum atomic E-state index is -0.682. The second-order valence-corrected chi connectivity index (χ2v) is 9.22. The van der Waals surface area contributed by atoms with E-state index in [1.54, 1.807) is 24.3 Å². The molecular formula is C28H27N3O5. The van der Waals surface area contributed by atoms with E-state index in [0.29, 0.717) is 11.1 Å². The molecule has 5 rings (SSSR count). The molecule has 2 aliphatic rings. The van der Waals surface area contributed by atoms with E-state index in [9.17, 15) is 19.2 Å². The van der Waals surface area contributed by atoms with Crippen LogP contribution in [0.1, 0.15) is 55.2 Å². The van der Waals surface area contributed by atoms with E-state index in [0.717, 1.165) is 34.8 Å². The number of aromatic nitrogens is 1. The first-order valence-electron chi connectivity index (χ1n) is 12.0. The molecule has 1 aliphatic carbocycles. The Morgan fingerprint density at radius 1 is 0.972 bits per heavy atom. The van der Waals surface area contributed by atoms with Gasteiger partial charge in [0, 0.05) is 22.6 Å². The predicted octanol–water partition coefficient (Wildman–Crippen LogP) is 3.67. The Morgan fingerprint density at radius 2 is 1.75 bits per heavy atom. The SMILES string of the molecule is Cc1cc(C(=O)COC(=O)c2ccccc2CN2C(=O)CNC2=O)c(C)n1-c1ccc2c(c1)CCC2. The van der Waals surface area contributed by atoms with Crippen molar-refractivity contribution in [2.45, 2.75) is 39.7 Å². The van der Waals surface area contributed by atoms with Crippen LogP contribution in [0.4, 0.5) is 4.79 Å². The maximum absolute atomic E-state index is 13.0. The van der Waals surface area contributed by atoms with Gasteiger partial charge in [-0.15, -0.1) is 0 Å². The third-order valence-electron chi connectivity index (χ3n) is 6.91. The van der Waals surface area contributed by atoms with Gasteiger partial charge in [0.25, 0.3) is 0 Å². The Hall–Kier alpha value is -4.20. The van der Waals surface area contributed by atoms with Crippen LogP contribution in [0.3, 0.4) is 0 Å². The van der Waals surface area contributed by atoms with Crippen molar-refractivity contribution in [1.29, 1.82) is 0 Å². The van der Waals surface area contributed by atoms with E-state index >= 15 is 0 Å². The van der Waals surface area contributed by atoms with Gasteiger partial charge in [-0.25, -0.2) is 9.59 Å². The normalized spacial score (nSPS) is 14.7. The highest BCUT2D eigenvalue weighted by atomic mass is 16.5. The number of hydrogen-bond donors (Lipinski definition) is 1. The summed E-state index contributed by atoms with van der Waals surface area (Å²) in [6, 6.07) is 14.3. The van der Waals surface area contributed by atoms with E-state index in [2.05, 4.69) is 28.1 Å². The maximum atomic E-state index is 13.0. The van der Waals surface area contributed by atoms with Crippen molar-refractivity contribution in [3.63, 3.8) is 0 Å². The molecule has 1 aromatic heterocycles. The number of benzene rings is 2. The van der Waals surface area contributed by atoms with Gasteiger partial charge in [0.2, 0.25) is 11.7 Å². The lowest BCUT2D eigenvalue weighted by atomic mass is 10.1. The van der Waals surface area contributed by atoms with Gasteiger partial charge in [0.05, 0.1) is 18.7 Å². The molecule has 36 heavy (non-hydrogen) atoms. The standard InChI is InChI=1S/C28H27N3O5/c1-17-12-24(18(2)31(17)22-11-10-19-7-5-8-20(19)13-22)25(32)16-36-27(34)23-9-4-3-6-21(23)15-30-26(33)14-29-28(30)35/h3-4,6,9-13H,5,7-8,14-16H2,1-2H3,(H,29,35). The lowest BCUT2D eigenvalue weighted by Crippen LogP contribution is -2.31. The van der Waals surface area contributed by atoms with Crippen LogP contribution in [0.5, 0.6) is 0 Å². The van der Waals surface area contributed by atoms with Crippen LogP contribution in [-0.2, 0) is 28.9 Å². The van der Waals surface area contributed by atoms with Crippen molar-refractivity contribution in [1.82, 2.24) is 14.8 Å². The summed E-state index contributed by atoms with van der Waals surface area (Å²) in [6.45, 7) is 3.32. The lowest BCUT2D eigenvalue weighted by molar-refractivity contribution is -0.125. The first-order chi connectivity index (χ1) is 17.3. The molecule has 2 heterocycles. The van der Waals surface area contributed by atoms with Crippen LogP contribution in [0, 0.1) is 13.8 Å². The highest BCUT2D eigenvalue weighted by molar-refractivity contribution is 6.03. The molecule has 8 nitrogen and oxygen atoms in total. The number of fused-ring (bicyclic) bond motifs is 1. The number of urea groups is 1. The van der Waals surface area contributed by atoms with Gasteiger partial charge < -0.3 is 14.6 Å². The van der Waals surface area contributed by atoms with Crippen molar-refractivity contribution in [3.05, 3.63) is 87.7 Å². The topological polar surface area (TPSA) is 97.7 Å². The molecule has 184 valence electrons. The largest absolute Gasteiger partial charge is 0.454 e. The third-order valence-corrected chi connectivity index (χ3v) is 6.91. The van der Waals surface area contributed by atoms with Crippen molar-refractivity contribution >= 4 is 23.7 Å². The van der Waals surface area contributed by atoms with Crippen molar-refractivity contribution in [2.75, 3.05) is 13.2 Å². The summed E-state index contributed by atoms with van der Waals surface area (Å²) in [5.74, 6) is -1.34. The van der Waals surface area contributed by atoms with Gasteiger partial charge in [-0.3, -0.25) is 14.5 Å². The number of ketones is 1. The molecular weight excluding hydrogens is 458 g/mol. The van der Waals surface area contributed by atoms with Gasteiger partial charge in [0.1, 0.15) is 0 Å². The Bertz CT molecular complexity index is 1390. The van der Waals surface area contributed by atoms with Crippen molar-refractivity contribution in [2.24, 2.45) is 0 Å². The van der Waals surface area contributed by atoms with E-state index in [1.807, 2.05) is 19.9 Å². The number of rotatable bonds is 7. The summed E-state index contributed by atoms with van der Waals surface area (Å²) < 4.78 is 7.43. The molecule has 3 amide bonds. The zero-order valence-corrected chi connectivity index (χ0v) is 20.3. The molecule has 0 unspecified atom stereocenters. The van der Waals surface area contributed by atoms with Gasteiger partial charge in [0.15, 0.2) is 6.61 Å². The zero-order chi connectivity index (χ0) is 25.4. The smallest absolute Gasteiger partial charge is 0.338 e. The summed E-state index contributed by atoms with van der Waals surface area (Å²) in [5, 5.41) is 2.46. The fraction of sp³-hybridized carbons (Fsp3) is 0.286. The quantitative estimate of drug-likeness (QED) is 0.313. The average molecular weight is 486 g/mol. The second kappa shape index (κ2) is 9.45. The summed E-state index contributed by atoms with van der Waals surface area (Å²) in [7, 11) is 0. The number of imide groups is 1. The molecule has 3 aromatic rings. The molecule has 1 aliphatic heterocycles. The summed E-state index contributed by atoms with van der Waals surface area (Å²) in [4.78, 5) is 50.8. The van der Waals surface area contributed by atoms with Crippen LogP contribution in [-0.4, -0.2) is 46.3 Å². The highest BCUT2D eigenvalue weighted by Crippen LogP contribution is 2.27. The van der Waals surface area contributed by atoms with Crippen LogP contribution >= 0.6 is 0 Å². The zero-order valence-electron chi connectivity index (χ0n) is 20.3. The molecule has 8 heteroatoms. The number of hydrogen-bond acceptors (Lipinski definition) is 5. The Balaban J connectivity index is 1.30. The summed E-state index contributed by atoms with van der Waals surface area (Å²) >= 11 is 0. The molecule has 2 aromatic carbocycles. The molecule has 1 fully saturated rings. The minimum absolute atomic E-state index is 0.0498. The number of nitrogens with zero attached hydrogens (tertiary/aromatic N) is 2. The Labute approximate surface area is 208 Å². The van der Waals surface area contributed by atoms with Crippen LogP contribution in [0.25, 0.3) is 5.69 Å². The minimum Gasteiger partial charge on any atom is -0.454 e. The first kappa shape index (κ1) is 23.5. The maximum Gasteiger partial charge on any atom is 0.338 e. The number of amides is 3. The molecule has 0 radical (unpaired) electrons. The van der Waals surface area contributed by atoms with E-state index in [4.69, 9.17) is 4.74 Å². The van der Waals surface area contributed by atoms with Crippen LogP contribution in [0.15, 0.2) is 48.5 Å². The Kier molecular flexibility index (Phi) is 6.18. The van der Waals surface area contributed by atoms with E-state index in [-0.39, 0.29) is 30.3 Å². The number of esters is 1. The summed E-state index contributed by atoms with van der Waals surface area (Å²) in [6.07, 6.45) is 3.35. The van der Waals surface area contributed by atoms with E-state index < -0.39 is 18.6 Å². The molecule has 1 saturated heterocycles. The molecule has 0 bridgehead atoms. The lowest BCUT2D eigenvalue weighted by Gasteiger charge is -2.15. The number of ether oxygens (including phenoxy) is 1. The fourth-order valence-electron chi connectivity index (χ4n) is 5.07. The fourth-order valence-corrected chi connectivity index (χ4v) is 5.07. The van der Waals surface area contributed by atoms with Gasteiger partial charge in [-0.05, 0) is 74.1 Å². The number of Topliss-reactive ketones (excluding diaryl/α,β-unsaturated/α-hetero) is 1. The van der Waals surface area contributed by atoms with Gasteiger partial charge in [-0.2, -0.15) is 0 Å². The molecule has 0 saturated carbocycles. The Morgan fingerprint density at radius 3 is 2.53 bits per heavy atom. The highest BCUT2D eigenvalue weighted by Gasteiger charge is 2.30. The average Bonchev–Trinajstić information content (AvgIpc) is 3.55. The monoisotopic (exact) mass is 485 g/mol. The van der Waals surface area contributed by atoms with E-state index in [1.165, 1.54) is 17.5 Å². The molecule has 0 spiro atoms. The first-order valence-corrected chi connectivity index (χ1v) is 12.0. The van der Waals surface area contributed by atoms with Crippen LogP contribution in [0.2, 0.25) is 0 Å². The second-order valence-electron chi connectivity index (χ2n) is 9.22. The van der Waals surface area contributed by atoms with Crippen molar-refractivity contribution < 1.29 is 23.9 Å².